The van der Waals surface area contributed by atoms with Gasteiger partial charge in [-0.1, -0.05) is 6.92 Å². The van der Waals surface area contributed by atoms with Gasteiger partial charge in [0.1, 0.15) is 5.82 Å². The number of rotatable bonds is 10. The second kappa shape index (κ2) is 13.0. The third-order valence-electron chi connectivity index (χ3n) is 6.85. The molecule has 2 aromatic rings. The van der Waals surface area contributed by atoms with Crippen LogP contribution in [0, 0.1) is 0 Å². The Hall–Kier alpha value is -3.05. The van der Waals surface area contributed by atoms with Crippen molar-refractivity contribution >= 4 is 29.0 Å². The van der Waals surface area contributed by atoms with Crippen LogP contribution < -0.4 is 15.5 Å². The fourth-order valence-corrected chi connectivity index (χ4v) is 4.56. The molecule has 4 rings (SSSR count). The molecule has 2 fully saturated rings. The summed E-state index contributed by atoms with van der Waals surface area (Å²) in [5.41, 5.74) is 2.91. The monoisotopic (exact) mass is 517 g/mol. The maximum atomic E-state index is 13.6. The van der Waals surface area contributed by atoms with Crippen LogP contribution in [0.15, 0.2) is 24.4 Å². The number of carbonyl (C=O) groups is 1. The molecule has 1 aromatic heterocycles. The molecule has 9 nitrogen and oxygen atoms in total. The molecule has 37 heavy (non-hydrogen) atoms. The molecule has 2 N–H and O–H groups in total. The summed E-state index contributed by atoms with van der Waals surface area (Å²) in [4.78, 5) is 27.1. The van der Waals surface area contributed by atoms with E-state index in [0.29, 0.717) is 45.7 Å². The van der Waals surface area contributed by atoms with Gasteiger partial charge in [-0.2, -0.15) is 4.98 Å². The van der Waals surface area contributed by atoms with E-state index in [4.69, 9.17) is 4.74 Å². The molecule has 2 aliphatic heterocycles. The number of likely N-dealkylation sites (N-methyl/N-ethyl adjacent to an activating group) is 1. The average molecular weight is 518 g/mol. The molecule has 0 spiro atoms. The number of halogens is 2. The lowest BCUT2D eigenvalue weighted by molar-refractivity contribution is -0.130. The molecule has 2 aliphatic rings. The number of amides is 1. The number of benzene rings is 1. The third kappa shape index (κ3) is 7.26. The van der Waals surface area contributed by atoms with Crippen LogP contribution in [0.25, 0.3) is 0 Å². The van der Waals surface area contributed by atoms with Gasteiger partial charge in [-0.05, 0) is 43.7 Å². The number of carbonyl (C=O) groups excluding carboxylic acids is 1. The van der Waals surface area contributed by atoms with E-state index in [1.54, 1.807) is 4.90 Å². The minimum Gasteiger partial charge on any atom is -0.379 e. The number of nitrogens with zero attached hydrogens (tertiary/aromatic N) is 5. The Morgan fingerprint density at radius 3 is 2.70 bits per heavy atom. The van der Waals surface area contributed by atoms with E-state index < -0.39 is 6.43 Å². The molecule has 11 heteroatoms. The van der Waals surface area contributed by atoms with Gasteiger partial charge in [-0.3, -0.25) is 4.79 Å². The van der Waals surface area contributed by atoms with Gasteiger partial charge < -0.3 is 30.1 Å². The highest BCUT2D eigenvalue weighted by atomic mass is 19.3. The quantitative estimate of drug-likeness (QED) is 0.463. The molecule has 1 aromatic carbocycles. The van der Waals surface area contributed by atoms with Gasteiger partial charge >= 0.3 is 0 Å². The molecule has 0 radical (unpaired) electrons. The number of aromatic nitrogens is 2. The van der Waals surface area contributed by atoms with Gasteiger partial charge in [-0.15, -0.1) is 0 Å². The van der Waals surface area contributed by atoms with Crippen molar-refractivity contribution in [2.24, 2.45) is 0 Å². The minimum atomic E-state index is -2.70. The summed E-state index contributed by atoms with van der Waals surface area (Å²) in [6.07, 6.45) is 0.261. The van der Waals surface area contributed by atoms with Gasteiger partial charge in [0.15, 0.2) is 0 Å². The van der Waals surface area contributed by atoms with Crippen molar-refractivity contribution < 1.29 is 18.3 Å². The molecule has 202 valence electrons. The van der Waals surface area contributed by atoms with Crippen molar-refractivity contribution in [3.63, 3.8) is 0 Å². The summed E-state index contributed by atoms with van der Waals surface area (Å²) in [5, 5.41) is 6.25. The molecule has 3 heterocycles. The van der Waals surface area contributed by atoms with Crippen LogP contribution in [-0.2, 0) is 16.0 Å². The number of nitrogens with one attached hydrogen (secondary N) is 2. The summed E-state index contributed by atoms with van der Waals surface area (Å²) in [5.74, 6) is 0.420. The standard InChI is InChI=1S/C26H37F2N7O2/c1-3-19-17-20(34-12-10-33(2)11-13-34)5-6-22(19)31-26-30-18-21(24(27)28)25(32-26)29-8-4-9-35-14-16-37-15-7-23(35)36/h5-6,17-18,24H,3-4,7-16H2,1-2H3,(H2,29,30,31,32). The highest BCUT2D eigenvalue weighted by Gasteiger charge is 2.19. The van der Waals surface area contributed by atoms with Crippen molar-refractivity contribution in [3.05, 3.63) is 35.5 Å². The molecule has 0 unspecified atom stereocenters. The van der Waals surface area contributed by atoms with Crippen LogP contribution in [0.3, 0.4) is 0 Å². The molecule has 0 atom stereocenters. The Balaban J connectivity index is 1.41. The maximum absolute atomic E-state index is 13.6. The second-order valence-corrected chi connectivity index (χ2v) is 9.43. The van der Waals surface area contributed by atoms with E-state index in [1.807, 2.05) is 6.07 Å². The predicted octanol–water partition coefficient (Wildman–Crippen LogP) is 3.52. The van der Waals surface area contributed by atoms with Crippen molar-refractivity contribution in [1.82, 2.24) is 19.8 Å². The Bertz CT molecular complexity index is 1050. The number of hydrogen-bond donors (Lipinski definition) is 2. The van der Waals surface area contributed by atoms with Gasteiger partial charge in [0.05, 0.1) is 25.2 Å². The van der Waals surface area contributed by atoms with E-state index in [2.05, 4.69) is 56.5 Å². The van der Waals surface area contributed by atoms with Crippen molar-refractivity contribution in [2.45, 2.75) is 32.6 Å². The van der Waals surface area contributed by atoms with E-state index in [-0.39, 0.29) is 23.2 Å². The smallest absolute Gasteiger partial charge is 0.268 e. The number of ether oxygens (including phenoxy) is 1. The first kappa shape index (κ1) is 27.0. The van der Waals surface area contributed by atoms with E-state index >= 15 is 0 Å². The topological polar surface area (TPSA) is 85.9 Å². The zero-order chi connectivity index (χ0) is 26.2. The number of aryl methyl sites for hydroxylation is 1. The summed E-state index contributed by atoms with van der Waals surface area (Å²) >= 11 is 0. The SMILES string of the molecule is CCc1cc(N2CCN(C)CC2)ccc1Nc1ncc(C(F)F)c(NCCCN2CCOCCC2=O)n1. The first-order chi connectivity index (χ1) is 17.9. The summed E-state index contributed by atoms with van der Waals surface area (Å²) in [6, 6.07) is 6.26. The highest BCUT2D eigenvalue weighted by molar-refractivity contribution is 5.76. The number of anilines is 4. The van der Waals surface area contributed by atoms with E-state index in [0.717, 1.165) is 43.9 Å². The lowest BCUT2D eigenvalue weighted by Crippen LogP contribution is -2.44. The summed E-state index contributed by atoms with van der Waals surface area (Å²) < 4.78 is 32.6. The zero-order valence-electron chi connectivity index (χ0n) is 21.7. The number of piperazine rings is 1. The highest BCUT2D eigenvalue weighted by Crippen LogP contribution is 2.29. The molecular weight excluding hydrogens is 480 g/mol. The molecule has 2 saturated heterocycles. The van der Waals surface area contributed by atoms with E-state index in [1.165, 1.54) is 11.9 Å². The lowest BCUT2D eigenvalue weighted by atomic mass is 10.1. The van der Waals surface area contributed by atoms with Crippen LogP contribution in [0.4, 0.5) is 31.9 Å². The summed E-state index contributed by atoms with van der Waals surface area (Å²) in [6.45, 7) is 8.58. The molecule has 0 aliphatic carbocycles. The van der Waals surface area contributed by atoms with Crippen LogP contribution >= 0.6 is 0 Å². The Kier molecular flexibility index (Phi) is 9.45. The molecule has 0 bridgehead atoms. The second-order valence-electron chi connectivity index (χ2n) is 9.43. The minimum absolute atomic E-state index is 0.0599. The van der Waals surface area contributed by atoms with Crippen LogP contribution in [0.5, 0.6) is 0 Å². The normalized spacial score (nSPS) is 17.3. The predicted molar refractivity (Wildman–Crippen MR) is 141 cm³/mol. The molecule has 1 amide bonds. The van der Waals surface area contributed by atoms with Gasteiger partial charge in [0.25, 0.3) is 6.43 Å². The first-order valence-corrected chi connectivity index (χ1v) is 13.0. The van der Waals surface area contributed by atoms with Crippen LogP contribution in [0.1, 0.15) is 37.3 Å². The Labute approximate surface area is 217 Å². The third-order valence-corrected chi connectivity index (χ3v) is 6.85. The van der Waals surface area contributed by atoms with Gasteiger partial charge in [-0.25, -0.2) is 13.8 Å². The average Bonchev–Trinajstić information content (AvgIpc) is 3.11. The maximum Gasteiger partial charge on any atom is 0.268 e. The van der Waals surface area contributed by atoms with Gasteiger partial charge in [0.2, 0.25) is 11.9 Å². The first-order valence-electron chi connectivity index (χ1n) is 13.0. The fraction of sp³-hybridized carbons (Fsp3) is 0.577. The van der Waals surface area contributed by atoms with Crippen LogP contribution in [0.2, 0.25) is 0 Å². The van der Waals surface area contributed by atoms with Gasteiger partial charge in [0, 0.05) is 63.4 Å². The number of alkyl halides is 2. The van der Waals surface area contributed by atoms with Crippen molar-refractivity contribution in [2.75, 3.05) is 81.6 Å². The van der Waals surface area contributed by atoms with Crippen LogP contribution in [-0.4, -0.2) is 91.7 Å². The van der Waals surface area contributed by atoms with Crippen molar-refractivity contribution in [1.29, 1.82) is 0 Å². The Morgan fingerprint density at radius 2 is 1.95 bits per heavy atom. The molecular formula is C26H37F2N7O2. The Morgan fingerprint density at radius 1 is 1.14 bits per heavy atom. The lowest BCUT2D eigenvalue weighted by Gasteiger charge is -2.34. The fourth-order valence-electron chi connectivity index (χ4n) is 4.56. The largest absolute Gasteiger partial charge is 0.379 e. The summed E-state index contributed by atoms with van der Waals surface area (Å²) in [7, 11) is 2.14. The number of hydrogen-bond acceptors (Lipinski definition) is 8. The molecule has 0 saturated carbocycles. The van der Waals surface area contributed by atoms with E-state index in [9.17, 15) is 13.6 Å². The van der Waals surface area contributed by atoms with Crippen molar-refractivity contribution in [3.8, 4) is 0 Å². The zero-order valence-corrected chi connectivity index (χ0v) is 21.7.